The fourth-order valence-corrected chi connectivity index (χ4v) is 3.40. The van der Waals surface area contributed by atoms with Gasteiger partial charge in [0, 0.05) is 26.1 Å². The first-order valence-electron chi connectivity index (χ1n) is 8.55. The second kappa shape index (κ2) is 7.75. The molecule has 1 unspecified atom stereocenters. The SMILES string of the molecule is O=C(C1CCCN1C(=O)CCc1cccc(F)c1)N1CCOCC1. The number of hydrogen-bond donors (Lipinski definition) is 0. The first kappa shape index (κ1) is 16.9. The number of amides is 2. The van der Waals surface area contributed by atoms with Crippen molar-refractivity contribution in [1.29, 1.82) is 0 Å². The Bertz CT molecular complexity index is 602. The molecule has 0 radical (unpaired) electrons. The predicted octanol–water partition coefficient (Wildman–Crippen LogP) is 1.61. The third kappa shape index (κ3) is 3.93. The van der Waals surface area contributed by atoms with Crippen molar-refractivity contribution >= 4 is 11.8 Å². The highest BCUT2D eigenvalue weighted by molar-refractivity contribution is 5.88. The maximum Gasteiger partial charge on any atom is 0.245 e. The molecule has 6 heteroatoms. The van der Waals surface area contributed by atoms with E-state index in [1.165, 1.54) is 12.1 Å². The van der Waals surface area contributed by atoms with Crippen LogP contribution in [0.4, 0.5) is 4.39 Å². The maximum atomic E-state index is 13.2. The van der Waals surface area contributed by atoms with E-state index in [1.807, 2.05) is 6.07 Å². The average molecular weight is 334 g/mol. The second-order valence-electron chi connectivity index (χ2n) is 6.31. The van der Waals surface area contributed by atoms with E-state index in [9.17, 15) is 14.0 Å². The normalized spacial score (nSPS) is 21.1. The summed E-state index contributed by atoms with van der Waals surface area (Å²) in [6.07, 6.45) is 2.37. The predicted molar refractivity (Wildman–Crippen MR) is 86.9 cm³/mol. The third-order valence-electron chi connectivity index (χ3n) is 4.70. The lowest BCUT2D eigenvalue weighted by atomic mass is 10.1. The number of ether oxygens (including phenoxy) is 1. The zero-order valence-electron chi connectivity index (χ0n) is 13.7. The molecule has 0 bridgehead atoms. The molecule has 2 aliphatic heterocycles. The number of carbonyl (C=O) groups excluding carboxylic acids is 2. The Morgan fingerprint density at radius 3 is 2.75 bits per heavy atom. The summed E-state index contributed by atoms with van der Waals surface area (Å²) in [5, 5.41) is 0. The van der Waals surface area contributed by atoms with Gasteiger partial charge >= 0.3 is 0 Å². The monoisotopic (exact) mass is 334 g/mol. The van der Waals surface area contributed by atoms with Gasteiger partial charge in [-0.1, -0.05) is 12.1 Å². The molecule has 2 saturated heterocycles. The summed E-state index contributed by atoms with van der Waals surface area (Å²) in [5.41, 5.74) is 0.804. The molecule has 1 aromatic carbocycles. The number of aryl methyl sites for hydroxylation is 1. The summed E-state index contributed by atoms with van der Waals surface area (Å²) in [7, 11) is 0. The van der Waals surface area contributed by atoms with Crippen molar-refractivity contribution in [2.24, 2.45) is 0 Å². The van der Waals surface area contributed by atoms with Crippen molar-refractivity contribution in [3.63, 3.8) is 0 Å². The molecule has 2 amide bonds. The largest absolute Gasteiger partial charge is 0.378 e. The van der Waals surface area contributed by atoms with E-state index in [2.05, 4.69) is 0 Å². The minimum Gasteiger partial charge on any atom is -0.378 e. The molecule has 1 aromatic rings. The van der Waals surface area contributed by atoms with E-state index in [0.29, 0.717) is 45.7 Å². The third-order valence-corrected chi connectivity index (χ3v) is 4.70. The summed E-state index contributed by atoms with van der Waals surface area (Å²) >= 11 is 0. The Morgan fingerprint density at radius 2 is 2.00 bits per heavy atom. The van der Waals surface area contributed by atoms with Crippen LogP contribution in [0.15, 0.2) is 24.3 Å². The zero-order valence-corrected chi connectivity index (χ0v) is 13.7. The highest BCUT2D eigenvalue weighted by Crippen LogP contribution is 2.21. The molecule has 2 fully saturated rings. The highest BCUT2D eigenvalue weighted by Gasteiger charge is 2.36. The van der Waals surface area contributed by atoms with Crippen LogP contribution in [0.3, 0.4) is 0 Å². The van der Waals surface area contributed by atoms with E-state index in [0.717, 1.165) is 18.4 Å². The van der Waals surface area contributed by atoms with Crippen LogP contribution in [0.1, 0.15) is 24.8 Å². The molecule has 2 heterocycles. The standard InChI is InChI=1S/C18H23FN2O3/c19-15-4-1-3-14(13-15)6-7-17(22)21-8-2-5-16(21)18(23)20-9-11-24-12-10-20/h1,3-4,13,16H,2,5-12H2. The number of nitrogens with zero attached hydrogens (tertiary/aromatic N) is 2. The number of likely N-dealkylation sites (tertiary alicyclic amines) is 1. The first-order chi connectivity index (χ1) is 11.6. The number of rotatable bonds is 4. The number of halogens is 1. The molecule has 0 spiro atoms. The lowest BCUT2D eigenvalue weighted by Gasteiger charge is -2.32. The van der Waals surface area contributed by atoms with Crippen LogP contribution >= 0.6 is 0 Å². The van der Waals surface area contributed by atoms with Gasteiger partial charge in [0.1, 0.15) is 11.9 Å². The zero-order chi connectivity index (χ0) is 16.9. The summed E-state index contributed by atoms with van der Waals surface area (Å²) in [4.78, 5) is 28.7. The van der Waals surface area contributed by atoms with Gasteiger partial charge in [-0.05, 0) is 37.0 Å². The summed E-state index contributed by atoms with van der Waals surface area (Å²) in [5.74, 6) is -0.278. The van der Waals surface area contributed by atoms with E-state index in [4.69, 9.17) is 4.74 Å². The first-order valence-corrected chi connectivity index (χ1v) is 8.55. The molecule has 5 nitrogen and oxygen atoms in total. The topological polar surface area (TPSA) is 49.9 Å². The molecule has 3 rings (SSSR count). The summed E-state index contributed by atoms with van der Waals surface area (Å²) in [6, 6.07) is 5.96. The Hall–Kier alpha value is -1.95. The molecule has 0 aromatic heterocycles. The molecule has 1 atom stereocenters. The van der Waals surface area contributed by atoms with Crippen LogP contribution in [-0.4, -0.2) is 60.5 Å². The lowest BCUT2D eigenvalue weighted by Crippen LogP contribution is -2.51. The van der Waals surface area contributed by atoms with Crippen LogP contribution in [0.2, 0.25) is 0 Å². The molecule has 2 aliphatic rings. The molecule has 0 N–H and O–H groups in total. The Morgan fingerprint density at radius 1 is 1.21 bits per heavy atom. The minimum atomic E-state index is -0.344. The Kier molecular flexibility index (Phi) is 5.45. The van der Waals surface area contributed by atoms with Gasteiger partial charge < -0.3 is 14.5 Å². The Balaban J connectivity index is 1.57. The van der Waals surface area contributed by atoms with Gasteiger partial charge in [-0.25, -0.2) is 4.39 Å². The van der Waals surface area contributed by atoms with E-state index >= 15 is 0 Å². The van der Waals surface area contributed by atoms with Gasteiger partial charge in [-0.2, -0.15) is 0 Å². The van der Waals surface area contributed by atoms with Gasteiger partial charge in [-0.15, -0.1) is 0 Å². The molecule has 130 valence electrons. The van der Waals surface area contributed by atoms with E-state index in [1.54, 1.807) is 15.9 Å². The second-order valence-corrected chi connectivity index (χ2v) is 6.31. The van der Waals surface area contributed by atoms with Gasteiger partial charge in [-0.3, -0.25) is 9.59 Å². The number of benzene rings is 1. The van der Waals surface area contributed by atoms with Crippen LogP contribution in [0.25, 0.3) is 0 Å². The summed E-state index contributed by atoms with van der Waals surface area (Å²) < 4.78 is 18.5. The van der Waals surface area contributed by atoms with Crippen LogP contribution < -0.4 is 0 Å². The molecular weight excluding hydrogens is 311 g/mol. The van der Waals surface area contributed by atoms with Gasteiger partial charge in [0.2, 0.25) is 11.8 Å². The maximum absolute atomic E-state index is 13.2. The fourth-order valence-electron chi connectivity index (χ4n) is 3.40. The van der Waals surface area contributed by atoms with Gasteiger partial charge in [0.05, 0.1) is 13.2 Å². The highest BCUT2D eigenvalue weighted by atomic mass is 19.1. The van der Waals surface area contributed by atoms with Crippen molar-refractivity contribution in [3.8, 4) is 0 Å². The van der Waals surface area contributed by atoms with Crippen LogP contribution in [-0.2, 0) is 20.7 Å². The van der Waals surface area contributed by atoms with Gasteiger partial charge in [0.15, 0.2) is 0 Å². The molecule has 24 heavy (non-hydrogen) atoms. The average Bonchev–Trinajstić information content (AvgIpc) is 3.09. The lowest BCUT2D eigenvalue weighted by molar-refractivity contribution is -0.146. The van der Waals surface area contributed by atoms with Crippen molar-refractivity contribution < 1.29 is 18.7 Å². The number of morpholine rings is 1. The molecule has 0 aliphatic carbocycles. The van der Waals surface area contributed by atoms with Crippen molar-refractivity contribution in [2.45, 2.75) is 31.7 Å². The smallest absolute Gasteiger partial charge is 0.245 e. The van der Waals surface area contributed by atoms with Crippen molar-refractivity contribution in [3.05, 3.63) is 35.6 Å². The molecular formula is C18H23FN2O3. The van der Waals surface area contributed by atoms with Crippen molar-refractivity contribution in [2.75, 3.05) is 32.8 Å². The van der Waals surface area contributed by atoms with E-state index < -0.39 is 0 Å². The summed E-state index contributed by atoms with van der Waals surface area (Å²) in [6.45, 7) is 2.95. The quantitative estimate of drug-likeness (QED) is 0.840. The van der Waals surface area contributed by atoms with Gasteiger partial charge in [0.25, 0.3) is 0 Å². The van der Waals surface area contributed by atoms with E-state index in [-0.39, 0.29) is 23.7 Å². The Labute approximate surface area is 141 Å². The molecule has 0 saturated carbocycles. The number of hydrogen-bond acceptors (Lipinski definition) is 3. The van der Waals surface area contributed by atoms with Crippen LogP contribution in [0.5, 0.6) is 0 Å². The van der Waals surface area contributed by atoms with Crippen molar-refractivity contribution in [1.82, 2.24) is 9.80 Å². The van der Waals surface area contributed by atoms with Crippen LogP contribution in [0, 0.1) is 5.82 Å². The number of carbonyl (C=O) groups is 2. The fraction of sp³-hybridized carbons (Fsp3) is 0.556. The minimum absolute atomic E-state index is 0.0247.